The van der Waals surface area contributed by atoms with E-state index in [4.69, 9.17) is 13.9 Å². The van der Waals surface area contributed by atoms with Crippen molar-refractivity contribution in [2.75, 3.05) is 20.3 Å². The Labute approximate surface area is 163 Å². The van der Waals surface area contributed by atoms with Gasteiger partial charge in [-0.25, -0.2) is 0 Å². The zero-order valence-electron chi connectivity index (χ0n) is 16.0. The third kappa shape index (κ3) is 3.80. The normalized spacial score (nSPS) is 18.9. The summed E-state index contributed by atoms with van der Waals surface area (Å²) in [4.78, 5) is 26.8. The lowest BCUT2D eigenvalue weighted by atomic mass is 9.99. The number of hydrogen-bond acceptors (Lipinski definition) is 6. The third-order valence-electron chi connectivity index (χ3n) is 4.50. The fourth-order valence-electron chi connectivity index (χ4n) is 3.14. The lowest BCUT2D eigenvalue weighted by Gasteiger charge is -2.23. The minimum Gasteiger partial charge on any atom is -0.507 e. The first kappa shape index (κ1) is 19.7. The van der Waals surface area contributed by atoms with E-state index < -0.39 is 17.7 Å². The highest BCUT2D eigenvalue weighted by Crippen LogP contribution is 2.39. The van der Waals surface area contributed by atoms with Gasteiger partial charge in [-0.1, -0.05) is 0 Å². The summed E-state index contributed by atoms with van der Waals surface area (Å²) in [5.41, 5.74) is 0.406. The van der Waals surface area contributed by atoms with Gasteiger partial charge in [0.05, 0.1) is 31.7 Å². The van der Waals surface area contributed by atoms with Crippen LogP contribution in [-0.2, 0) is 14.3 Å². The van der Waals surface area contributed by atoms with Gasteiger partial charge in [-0.3, -0.25) is 9.59 Å². The first-order valence-electron chi connectivity index (χ1n) is 9.02. The molecule has 1 aromatic carbocycles. The fraction of sp³-hybridized carbons (Fsp3) is 0.333. The Morgan fingerprint density at radius 1 is 1.21 bits per heavy atom. The van der Waals surface area contributed by atoms with E-state index in [1.807, 2.05) is 13.8 Å². The van der Waals surface area contributed by atoms with Crippen molar-refractivity contribution in [2.24, 2.45) is 0 Å². The van der Waals surface area contributed by atoms with Crippen LogP contribution in [0.3, 0.4) is 0 Å². The number of benzene rings is 1. The fourth-order valence-corrected chi connectivity index (χ4v) is 3.14. The summed E-state index contributed by atoms with van der Waals surface area (Å²) in [7, 11) is 1.54. The first-order chi connectivity index (χ1) is 13.4. The number of furan rings is 1. The van der Waals surface area contributed by atoms with E-state index in [-0.39, 0.29) is 30.6 Å². The Hall–Kier alpha value is -3.06. The number of methoxy groups -OCH3 is 1. The summed E-state index contributed by atoms with van der Waals surface area (Å²) in [5, 5.41) is 10.8. The van der Waals surface area contributed by atoms with Crippen molar-refractivity contribution < 1.29 is 28.6 Å². The number of amides is 1. The van der Waals surface area contributed by atoms with E-state index in [0.29, 0.717) is 17.1 Å². The van der Waals surface area contributed by atoms with E-state index in [9.17, 15) is 14.7 Å². The van der Waals surface area contributed by atoms with Gasteiger partial charge in [-0.2, -0.15) is 0 Å². The number of rotatable bonds is 7. The van der Waals surface area contributed by atoms with E-state index in [0.717, 1.165) is 0 Å². The average Bonchev–Trinajstić information content (AvgIpc) is 3.29. The number of aliphatic hydroxyl groups excluding tert-OH is 1. The molecule has 1 fully saturated rings. The van der Waals surface area contributed by atoms with Gasteiger partial charge in [-0.05, 0) is 50.2 Å². The molecule has 148 valence electrons. The van der Waals surface area contributed by atoms with Crippen molar-refractivity contribution in [1.29, 1.82) is 0 Å². The lowest BCUT2D eigenvalue weighted by Crippen LogP contribution is -2.33. The monoisotopic (exact) mass is 385 g/mol. The maximum absolute atomic E-state index is 12.7. The van der Waals surface area contributed by atoms with Crippen molar-refractivity contribution in [3.8, 4) is 5.75 Å². The van der Waals surface area contributed by atoms with Crippen LogP contribution in [0.4, 0.5) is 0 Å². The van der Waals surface area contributed by atoms with Gasteiger partial charge in [0.2, 0.25) is 0 Å². The number of likely N-dealkylation sites (tertiary alicyclic amines) is 1. The smallest absolute Gasteiger partial charge is 0.295 e. The lowest BCUT2D eigenvalue weighted by molar-refractivity contribution is -0.140. The molecule has 1 aliphatic heterocycles. The van der Waals surface area contributed by atoms with Gasteiger partial charge in [0.25, 0.3) is 11.7 Å². The molecule has 3 rings (SSSR count). The second-order valence-corrected chi connectivity index (χ2v) is 6.66. The van der Waals surface area contributed by atoms with Crippen molar-refractivity contribution in [1.82, 2.24) is 4.90 Å². The molecule has 1 amide bonds. The molecule has 1 saturated heterocycles. The Morgan fingerprint density at radius 2 is 1.93 bits per heavy atom. The number of hydrogen-bond donors (Lipinski definition) is 1. The topological polar surface area (TPSA) is 89.2 Å². The molecule has 28 heavy (non-hydrogen) atoms. The molecule has 2 aromatic rings. The number of Topliss-reactive ketones (excluding diaryl/α,β-unsaturated/α-hetero) is 1. The standard InChI is InChI=1S/C21H23NO6/c1-13(2)27-12-10-22-18(16-5-4-11-28-16)17(20(24)21(22)25)19(23)14-6-8-15(26-3)9-7-14/h4-9,11,13,18,23H,10,12H2,1-3H3/b19-17-. The van der Waals surface area contributed by atoms with Crippen molar-refractivity contribution in [2.45, 2.75) is 26.0 Å². The van der Waals surface area contributed by atoms with Crippen LogP contribution in [0.1, 0.15) is 31.2 Å². The second kappa shape index (κ2) is 8.31. The van der Waals surface area contributed by atoms with Crippen LogP contribution >= 0.6 is 0 Å². The predicted molar refractivity (Wildman–Crippen MR) is 102 cm³/mol. The summed E-state index contributed by atoms with van der Waals surface area (Å²) in [6.07, 6.45) is 1.46. The predicted octanol–water partition coefficient (Wildman–Crippen LogP) is 3.13. The molecule has 0 radical (unpaired) electrons. The highest BCUT2D eigenvalue weighted by Gasteiger charge is 2.47. The third-order valence-corrected chi connectivity index (χ3v) is 4.50. The quantitative estimate of drug-likeness (QED) is 0.447. The summed E-state index contributed by atoms with van der Waals surface area (Å²) in [5.74, 6) is -0.679. The number of nitrogens with zero attached hydrogens (tertiary/aromatic N) is 1. The van der Waals surface area contributed by atoms with E-state index in [2.05, 4.69) is 0 Å². The summed E-state index contributed by atoms with van der Waals surface area (Å²) in [6, 6.07) is 9.13. The van der Waals surface area contributed by atoms with Crippen LogP contribution in [-0.4, -0.2) is 48.1 Å². The average molecular weight is 385 g/mol. The Morgan fingerprint density at radius 3 is 2.50 bits per heavy atom. The Kier molecular flexibility index (Phi) is 5.84. The molecule has 1 N–H and O–H groups in total. The van der Waals surface area contributed by atoms with Gasteiger partial charge in [0, 0.05) is 12.1 Å². The van der Waals surface area contributed by atoms with Gasteiger partial charge >= 0.3 is 0 Å². The van der Waals surface area contributed by atoms with Crippen LogP contribution in [0.5, 0.6) is 5.75 Å². The summed E-state index contributed by atoms with van der Waals surface area (Å²) >= 11 is 0. The number of ketones is 1. The van der Waals surface area contributed by atoms with Crippen LogP contribution in [0, 0.1) is 0 Å². The molecule has 0 saturated carbocycles. The summed E-state index contributed by atoms with van der Waals surface area (Å²) in [6.45, 7) is 4.25. The number of carbonyl (C=O) groups is 2. The first-order valence-corrected chi connectivity index (χ1v) is 9.02. The highest BCUT2D eigenvalue weighted by molar-refractivity contribution is 6.46. The minimum absolute atomic E-state index is 0.00168. The van der Waals surface area contributed by atoms with Crippen molar-refractivity contribution in [3.05, 3.63) is 59.6 Å². The van der Waals surface area contributed by atoms with Crippen LogP contribution in [0.15, 0.2) is 52.7 Å². The van der Waals surface area contributed by atoms with E-state index in [1.165, 1.54) is 18.3 Å². The molecule has 2 heterocycles. The maximum Gasteiger partial charge on any atom is 0.295 e. The van der Waals surface area contributed by atoms with Gasteiger partial charge in [-0.15, -0.1) is 0 Å². The van der Waals surface area contributed by atoms with E-state index >= 15 is 0 Å². The van der Waals surface area contributed by atoms with Crippen LogP contribution in [0.25, 0.3) is 5.76 Å². The van der Waals surface area contributed by atoms with Crippen molar-refractivity contribution in [3.63, 3.8) is 0 Å². The molecular formula is C21H23NO6. The largest absolute Gasteiger partial charge is 0.507 e. The zero-order valence-corrected chi connectivity index (χ0v) is 16.0. The van der Waals surface area contributed by atoms with Crippen LogP contribution in [0.2, 0.25) is 0 Å². The van der Waals surface area contributed by atoms with Gasteiger partial charge in [0.15, 0.2) is 0 Å². The van der Waals surface area contributed by atoms with E-state index in [1.54, 1.807) is 36.4 Å². The molecule has 1 unspecified atom stereocenters. The molecule has 7 nitrogen and oxygen atoms in total. The molecule has 1 atom stereocenters. The summed E-state index contributed by atoms with van der Waals surface area (Å²) < 4.78 is 16.1. The Balaban J connectivity index is 2.01. The molecule has 1 aromatic heterocycles. The molecular weight excluding hydrogens is 362 g/mol. The molecule has 0 aliphatic carbocycles. The number of aliphatic hydroxyl groups is 1. The molecule has 7 heteroatoms. The second-order valence-electron chi connectivity index (χ2n) is 6.66. The van der Waals surface area contributed by atoms with Crippen molar-refractivity contribution >= 4 is 17.4 Å². The Bertz CT molecular complexity index is 867. The molecule has 0 bridgehead atoms. The molecule has 1 aliphatic rings. The zero-order chi connectivity index (χ0) is 20.3. The number of ether oxygens (including phenoxy) is 2. The SMILES string of the molecule is COc1ccc(/C(O)=C2/C(=O)C(=O)N(CCOC(C)C)C2c2ccco2)cc1. The number of carbonyl (C=O) groups excluding carboxylic acids is 2. The maximum atomic E-state index is 12.7. The van der Waals surface area contributed by atoms with Gasteiger partial charge < -0.3 is 23.9 Å². The molecule has 0 spiro atoms. The van der Waals surface area contributed by atoms with Gasteiger partial charge in [0.1, 0.15) is 23.3 Å². The minimum atomic E-state index is -0.812. The highest BCUT2D eigenvalue weighted by atomic mass is 16.5. The van der Waals surface area contributed by atoms with Crippen LogP contribution < -0.4 is 4.74 Å².